The van der Waals surface area contributed by atoms with E-state index in [1.807, 2.05) is 0 Å². The van der Waals surface area contributed by atoms with Gasteiger partial charge < -0.3 is 9.84 Å². The predicted molar refractivity (Wildman–Crippen MR) is 64.4 cm³/mol. The van der Waals surface area contributed by atoms with Crippen molar-refractivity contribution in [2.75, 3.05) is 13.7 Å². The molecule has 0 fully saturated rings. The van der Waals surface area contributed by atoms with Crippen LogP contribution in [0.3, 0.4) is 0 Å². The molecule has 2 heterocycles. The highest BCUT2D eigenvalue weighted by atomic mass is 16.5. The highest BCUT2D eigenvalue weighted by Gasteiger charge is 2.18. The summed E-state index contributed by atoms with van der Waals surface area (Å²) in [7, 11) is 3.17. The fraction of sp³-hybridized carbons (Fsp3) is 0.250. The minimum Gasteiger partial charge on any atom is -0.481 e. The third kappa shape index (κ3) is 2.10. The Kier molecular flexibility index (Phi) is 3.38. The van der Waals surface area contributed by atoms with Crippen LogP contribution in [0, 0.1) is 0 Å². The maximum atomic E-state index is 11.7. The lowest BCUT2D eigenvalue weighted by atomic mass is 10.1. The van der Waals surface area contributed by atoms with Crippen LogP contribution in [0.2, 0.25) is 0 Å². The number of aryl methyl sites for hydroxylation is 1. The molecule has 0 aliphatic rings. The maximum Gasteiger partial charge on any atom is 0.213 e. The van der Waals surface area contributed by atoms with Crippen molar-refractivity contribution in [1.29, 1.82) is 0 Å². The average Bonchev–Trinajstić information content (AvgIpc) is 2.80. The third-order valence-corrected chi connectivity index (χ3v) is 2.56. The molecule has 0 unspecified atom stereocenters. The average molecular weight is 247 g/mol. The number of hydrogen-bond acceptors (Lipinski definition) is 5. The number of aliphatic hydroxyl groups is 1. The van der Waals surface area contributed by atoms with Crippen LogP contribution in [0.15, 0.2) is 24.4 Å². The minimum absolute atomic E-state index is 0.332. The lowest BCUT2D eigenvalue weighted by Gasteiger charge is -2.04. The van der Waals surface area contributed by atoms with Crippen molar-refractivity contribution in [3.8, 4) is 17.1 Å². The lowest BCUT2D eigenvalue weighted by molar-refractivity contribution is 0.0895. The Morgan fingerprint density at radius 3 is 2.94 bits per heavy atom. The van der Waals surface area contributed by atoms with E-state index in [-0.39, 0.29) is 0 Å². The van der Waals surface area contributed by atoms with Gasteiger partial charge in [-0.3, -0.25) is 9.48 Å². The first-order chi connectivity index (χ1) is 8.67. The first-order valence-electron chi connectivity index (χ1n) is 5.35. The highest BCUT2D eigenvalue weighted by Crippen LogP contribution is 2.23. The Morgan fingerprint density at radius 2 is 2.28 bits per heavy atom. The van der Waals surface area contributed by atoms with E-state index in [4.69, 9.17) is 9.84 Å². The quantitative estimate of drug-likeness (QED) is 0.803. The molecule has 0 aromatic carbocycles. The minimum atomic E-state index is -0.559. The molecule has 0 radical (unpaired) electrons. The second kappa shape index (κ2) is 4.97. The summed E-state index contributed by atoms with van der Waals surface area (Å²) in [6.07, 6.45) is 1.55. The first-order valence-corrected chi connectivity index (χ1v) is 5.35. The number of aromatic nitrogens is 3. The molecule has 0 aliphatic carbocycles. The van der Waals surface area contributed by atoms with Crippen molar-refractivity contribution in [2.45, 2.75) is 0 Å². The molecular weight excluding hydrogens is 234 g/mol. The van der Waals surface area contributed by atoms with Crippen LogP contribution in [-0.4, -0.2) is 39.4 Å². The van der Waals surface area contributed by atoms with Gasteiger partial charge in [0.2, 0.25) is 11.7 Å². The number of aliphatic hydroxyl groups excluding tert-OH is 1. The molecule has 0 amide bonds. The van der Waals surface area contributed by atoms with E-state index >= 15 is 0 Å². The van der Waals surface area contributed by atoms with Crippen LogP contribution in [-0.2, 0) is 7.05 Å². The predicted octanol–water partition coefficient (Wildman–Crippen LogP) is 0.666. The van der Waals surface area contributed by atoms with E-state index in [1.54, 1.807) is 31.4 Å². The molecule has 18 heavy (non-hydrogen) atoms. The van der Waals surface area contributed by atoms with E-state index < -0.39 is 12.4 Å². The zero-order chi connectivity index (χ0) is 13.1. The van der Waals surface area contributed by atoms with Gasteiger partial charge in [0.05, 0.1) is 19.0 Å². The van der Waals surface area contributed by atoms with Gasteiger partial charge in [-0.2, -0.15) is 5.10 Å². The van der Waals surface area contributed by atoms with Gasteiger partial charge in [0.1, 0.15) is 12.3 Å². The van der Waals surface area contributed by atoms with E-state index in [2.05, 4.69) is 10.1 Å². The summed E-state index contributed by atoms with van der Waals surface area (Å²) in [6.45, 7) is -0.559. The van der Waals surface area contributed by atoms with E-state index in [0.29, 0.717) is 22.8 Å². The number of carbonyl (C=O) groups is 1. The number of pyridine rings is 1. The van der Waals surface area contributed by atoms with Gasteiger partial charge >= 0.3 is 0 Å². The number of ether oxygens (including phenoxy) is 1. The van der Waals surface area contributed by atoms with Crippen LogP contribution in [0.25, 0.3) is 11.3 Å². The van der Waals surface area contributed by atoms with E-state index in [1.165, 1.54) is 11.8 Å². The summed E-state index contributed by atoms with van der Waals surface area (Å²) in [4.78, 5) is 15.9. The summed E-state index contributed by atoms with van der Waals surface area (Å²) in [5.41, 5.74) is 1.49. The lowest BCUT2D eigenvalue weighted by Crippen LogP contribution is -2.12. The first kappa shape index (κ1) is 12.3. The fourth-order valence-electron chi connectivity index (χ4n) is 1.71. The molecule has 2 rings (SSSR count). The number of Topliss-reactive ketones (excluding diaryl/α,β-unsaturated/α-hetero) is 1. The number of hydrogen-bond donors (Lipinski definition) is 1. The molecule has 0 spiro atoms. The summed E-state index contributed by atoms with van der Waals surface area (Å²) >= 11 is 0. The Morgan fingerprint density at radius 1 is 1.50 bits per heavy atom. The monoisotopic (exact) mass is 247 g/mol. The summed E-state index contributed by atoms with van der Waals surface area (Å²) in [5, 5.41) is 13.0. The second-order valence-corrected chi connectivity index (χ2v) is 3.68. The van der Waals surface area contributed by atoms with Crippen molar-refractivity contribution < 1.29 is 14.6 Å². The van der Waals surface area contributed by atoms with Crippen LogP contribution in [0.5, 0.6) is 5.88 Å². The SMILES string of the molecule is COc1cccc(-c2cnn(C)c2C(=O)CO)n1. The summed E-state index contributed by atoms with van der Waals surface area (Å²) < 4.78 is 6.46. The van der Waals surface area contributed by atoms with Crippen LogP contribution in [0.1, 0.15) is 10.5 Å². The number of rotatable bonds is 4. The van der Waals surface area contributed by atoms with Crippen LogP contribution in [0.4, 0.5) is 0 Å². The van der Waals surface area contributed by atoms with Crippen molar-refractivity contribution in [3.63, 3.8) is 0 Å². The molecule has 2 aromatic rings. The number of carbonyl (C=O) groups excluding carboxylic acids is 1. The zero-order valence-corrected chi connectivity index (χ0v) is 10.1. The van der Waals surface area contributed by atoms with Crippen molar-refractivity contribution in [2.24, 2.45) is 7.05 Å². The van der Waals surface area contributed by atoms with Crippen LogP contribution >= 0.6 is 0 Å². The van der Waals surface area contributed by atoms with E-state index in [0.717, 1.165) is 0 Å². The molecule has 2 aromatic heterocycles. The zero-order valence-electron chi connectivity index (χ0n) is 10.1. The van der Waals surface area contributed by atoms with Gasteiger partial charge in [0.15, 0.2) is 0 Å². The summed E-state index contributed by atoms with van der Waals surface area (Å²) in [5.74, 6) is 0.0633. The normalized spacial score (nSPS) is 10.4. The molecule has 94 valence electrons. The van der Waals surface area contributed by atoms with Gasteiger partial charge in [-0.05, 0) is 6.07 Å². The molecule has 0 saturated carbocycles. The molecule has 0 atom stereocenters. The molecular formula is C12H13N3O3. The smallest absolute Gasteiger partial charge is 0.213 e. The van der Waals surface area contributed by atoms with Gasteiger partial charge in [-0.25, -0.2) is 4.98 Å². The standard InChI is InChI=1S/C12H13N3O3/c1-15-12(10(17)7-16)8(6-13-15)9-4-3-5-11(14-9)18-2/h3-6,16H,7H2,1-2H3. The number of ketones is 1. The van der Waals surface area contributed by atoms with E-state index in [9.17, 15) is 4.79 Å². The van der Waals surface area contributed by atoms with Gasteiger partial charge in [-0.15, -0.1) is 0 Å². The molecule has 0 bridgehead atoms. The molecule has 6 nitrogen and oxygen atoms in total. The molecule has 6 heteroatoms. The Hall–Kier alpha value is -2.21. The van der Waals surface area contributed by atoms with Gasteiger partial charge in [0.25, 0.3) is 0 Å². The number of nitrogens with zero attached hydrogens (tertiary/aromatic N) is 3. The van der Waals surface area contributed by atoms with Gasteiger partial charge in [-0.1, -0.05) is 6.07 Å². The molecule has 0 saturated heterocycles. The second-order valence-electron chi connectivity index (χ2n) is 3.68. The van der Waals surface area contributed by atoms with Crippen LogP contribution < -0.4 is 4.74 Å². The topological polar surface area (TPSA) is 77.2 Å². The highest BCUT2D eigenvalue weighted by molar-refractivity contribution is 6.01. The van der Waals surface area contributed by atoms with Crippen molar-refractivity contribution in [3.05, 3.63) is 30.1 Å². The molecule has 1 N–H and O–H groups in total. The molecule has 0 aliphatic heterocycles. The fourth-order valence-corrected chi connectivity index (χ4v) is 1.71. The summed E-state index contributed by atoms with van der Waals surface area (Å²) in [6, 6.07) is 5.25. The largest absolute Gasteiger partial charge is 0.481 e. The Balaban J connectivity index is 2.53. The Labute approximate surface area is 104 Å². The van der Waals surface area contributed by atoms with Gasteiger partial charge in [0, 0.05) is 18.7 Å². The number of methoxy groups -OCH3 is 1. The van der Waals surface area contributed by atoms with Crippen molar-refractivity contribution in [1.82, 2.24) is 14.8 Å². The maximum absolute atomic E-state index is 11.7. The van der Waals surface area contributed by atoms with Crippen molar-refractivity contribution >= 4 is 5.78 Å². The third-order valence-electron chi connectivity index (χ3n) is 2.56. The Bertz CT molecular complexity index is 578.